The van der Waals surface area contributed by atoms with E-state index >= 15 is 0 Å². The van der Waals surface area contributed by atoms with Crippen molar-refractivity contribution in [3.63, 3.8) is 0 Å². The van der Waals surface area contributed by atoms with Gasteiger partial charge < -0.3 is 14.9 Å². The molecule has 1 aromatic rings. The Morgan fingerprint density at radius 1 is 1.10 bits per heavy atom. The molecule has 166 valence electrons. The third kappa shape index (κ3) is 5.15. The minimum atomic E-state index is -0.823. The molecule has 0 heterocycles. The molecule has 4 heteroatoms. The number of allylic oxidation sites excluding steroid dienone is 3. The van der Waals surface area contributed by atoms with Gasteiger partial charge in [-0.25, -0.2) is 4.79 Å². The lowest BCUT2D eigenvalue weighted by Crippen LogP contribution is -2.32. The standard InChI is InChI=1S/C26H38O4/c1-7-18-16-21(14-15-22(18)30-17-23(27)25(4,5)6)26(8-2,9-3)20-12-10-19(11-13-20)24(28)29/h10,12,14-16,23,27H,7-9,11,13,17H2,1-6H3,(H,28,29). The summed E-state index contributed by atoms with van der Waals surface area (Å²) in [5.41, 5.74) is 3.85. The van der Waals surface area contributed by atoms with Gasteiger partial charge in [-0.2, -0.15) is 0 Å². The van der Waals surface area contributed by atoms with Gasteiger partial charge in [0.1, 0.15) is 12.4 Å². The van der Waals surface area contributed by atoms with Gasteiger partial charge in [0.05, 0.1) is 6.10 Å². The van der Waals surface area contributed by atoms with Crippen molar-refractivity contribution < 1.29 is 19.7 Å². The van der Waals surface area contributed by atoms with Crippen molar-refractivity contribution >= 4 is 5.97 Å². The van der Waals surface area contributed by atoms with E-state index in [9.17, 15) is 15.0 Å². The molecule has 1 aliphatic rings. The minimum Gasteiger partial charge on any atom is -0.491 e. The smallest absolute Gasteiger partial charge is 0.331 e. The maximum atomic E-state index is 11.3. The second kappa shape index (κ2) is 9.82. The molecular formula is C26H38O4. The lowest BCUT2D eigenvalue weighted by Gasteiger charge is -2.37. The van der Waals surface area contributed by atoms with Crippen LogP contribution in [0.4, 0.5) is 0 Å². The zero-order valence-electron chi connectivity index (χ0n) is 19.4. The van der Waals surface area contributed by atoms with Gasteiger partial charge in [-0.3, -0.25) is 0 Å². The molecule has 1 aliphatic carbocycles. The van der Waals surface area contributed by atoms with Crippen LogP contribution in [0.2, 0.25) is 0 Å². The Kier molecular flexibility index (Phi) is 7.93. The van der Waals surface area contributed by atoms with Crippen molar-refractivity contribution in [2.75, 3.05) is 6.61 Å². The molecule has 2 rings (SSSR count). The Balaban J connectivity index is 2.37. The molecule has 0 aliphatic heterocycles. The van der Waals surface area contributed by atoms with Crippen LogP contribution in [0.15, 0.2) is 41.5 Å². The van der Waals surface area contributed by atoms with E-state index in [2.05, 4.69) is 32.9 Å². The molecule has 0 saturated carbocycles. The van der Waals surface area contributed by atoms with Crippen molar-refractivity contribution in [2.24, 2.45) is 5.41 Å². The second-order valence-electron chi connectivity index (χ2n) is 9.35. The Hall–Kier alpha value is -2.07. The molecule has 0 bridgehead atoms. The molecule has 4 nitrogen and oxygen atoms in total. The zero-order valence-corrected chi connectivity index (χ0v) is 19.4. The van der Waals surface area contributed by atoms with Crippen molar-refractivity contribution in [3.05, 3.63) is 52.6 Å². The molecule has 0 aromatic heterocycles. The SMILES string of the molecule is CCc1cc(C(CC)(CC)C2=CC=C(C(=O)O)CC2)ccc1OCC(O)C(C)(C)C. The van der Waals surface area contributed by atoms with E-state index < -0.39 is 12.1 Å². The monoisotopic (exact) mass is 414 g/mol. The molecule has 1 atom stereocenters. The van der Waals surface area contributed by atoms with E-state index in [-0.39, 0.29) is 17.4 Å². The topological polar surface area (TPSA) is 66.8 Å². The number of aliphatic hydroxyl groups is 1. The van der Waals surface area contributed by atoms with Crippen LogP contribution in [0.1, 0.15) is 78.4 Å². The number of rotatable bonds is 9. The van der Waals surface area contributed by atoms with Crippen LogP contribution < -0.4 is 4.74 Å². The normalized spacial score (nSPS) is 16.0. The molecule has 1 aromatic carbocycles. The number of benzene rings is 1. The van der Waals surface area contributed by atoms with Gasteiger partial charge in [0, 0.05) is 11.0 Å². The molecule has 0 fully saturated rings. The summed E-state index contributed by atoms with van der Waals surface area (Å²) in [6, 6.07) is 6.41. The summed E-state index contributed by atoms with van der Waals surface area (Å²) in [5, 5.41) is 19.6. The first-order valence-corrected chi connectivity index (χ1v) is 11.2. The van der Waals surface area contributed by atoms with Crippen LogP contribution in [-0.2, 0) is 16.6 Å². The number of carboxylic acids is 1. The number of aliphatic hydroxyl groups excluding tert-OH is 1. The van der Waals surface area contributed by atoms with E-state index in [4.69, 9.17) is 4.74 Å². The van der Waals surface area contributed by atoms with Crippen molar-refractivity contribution in [1.82, 2.24) is 0 Å². The number of carbonyl (C=O) groups is 1. The summed E-state index contributed by atoms with van der Waals surface area (Å²) in [5.74, 6) is 0.00690. The third-order valence-corrected chi connectivity index (χ3v) is 6.64. The Bertz CT molecular complexity index is 807. The van der Waals surface area contributed by atoms with E-state index in [1.165, 1.54) is 11.1 Å². The van der Waals surface area contributed by atoms with Gasteiger partial charge in [0.25, 0.3) is 0 Å². The summed E-state index contributed by atoms with van der Waals surface area (Å²) in [7, 11) is 0. The van der Waals surface area contributed by atoms with Crippen LogP contribution in [0.3, 0.4) is 0 Å². The number of hydrogen-bond donors (Lipinski definition) is 2. The summed E-state index contributed by atoms with van der Waals surface area (Å²) < 4.78 is 6.00. The van der Waals surface area contributed by atoms with Crippen molar-refractivity contribution in [2.45, 2.75) is 85.2 Å². The second-order valence-corrected chi connectivity index (χ2v) is 9.35. The third-order valence-electron chi connectivity index (χ3n) is 6.64. The molecule has 30 heavy (non-hydrogen) atoms. The molecular weight excluding hydrogens is 376 g/mol. The van der Waals surface area contributed by atoms with Crippen molar-refractivity contribution in [3.8, 4) is 5.75 Å². The number of carboxylic acid groups (broad SMARTS) is 1. The lowest BCUT2D eigenvalue weighted by atomic mass is 9.67. The number of aliphatic carboxylic acids is 1. The fourth-order valence-electron chi connectivity index (χ4n) is 4.22. The molecule has 1 unspecified atom stereocenters. The van der Waals surface area contributed by atoms with E-state index in [1.807, 2.05) is 32.9 Å². The molecule has 2 N–H and O–H groups in total. The van der Waals surface area contributed by atoms with Gasteiger partial charge in [-0.1, -0.05) is 71.4 Å². The van der Waals surface area contributed by atoms with Crippen LogP contribution in [0.5, 0.6) is 5.75 Å². The van der Waals surface area contributed by atoms with E-state index in [0.717, 1.165) is 37.0 Å². The highest BCUT2D eigenvalue weighted by molar-refractivity contribution is 5.87. The van der Waals surface area contributed by atoms with E-state index in [1.54, 1.807) is 6.08 Å². The maximum absolute atomic E-state index is 11.3. The number of ether oxygens (including phenoxy) is 1. The van der Waals surface area contributed by atoms with Crippen LogP contribution in [-0.4, -0.2) is 28.9 Å². The van der Waals surface area contributed by atoms with Crippen molar-refractivity contribution in [1.29, 1.82) is 0 Å². The first-order chi connectivity index (χ1) is 14.1. The van der Waals surface area contributed by atoms with E-state index in [0.29, 0.717) is 12.0 Å². The highest BCUT2D eigenvalue weighted by Crippen LogP contribution is 2.44. The summed E-state index contributed by atoms with van der Waals surface area (Å²) in [6.07, 6.45) is 7.38. The first kappa shape index (κ1) is 24.2. The zero-order chi connectivity index (χ0) is 22.5. The van der Waals surface area contributed by atoms with Gasteiger partial charge >= 0.3 is 5.97 Å². The van der Waals surface area contributed by atoms with Crippen LogP contribution in [0.25, 0.3) is 0 Å². The van der Waals surface area contributed by atoms with Crippen LogP contribution >= 0.6 is 0 Å². The average molecular weight is 415 g/mol. The minimum absolute atomic E-state index is 0.103. The number of hydrogen-bond acceptors (Lipinski definition) is 3. The van der Waals surface area contributed by atoms with Gasteiger partial charge in [0.15, 0.2) is 0 Å². The predicted octanol–water partition coefficient (Wildman–Crippen LogP) is 5.82. The lowest BCUT2D eigenvalue weighted by molar-refractivity contribution is -0.132. The van der Waals surface area contributed by atoms with Gasteiger partial charge in [-0.15, -0.1) is 0 Å². The first-order valence-electron chi connectivity index (χ1n) is 11.2. The molecule has 0 saturated heterocycles. The Morgan fingerprint density at radius 3 is 2.23 bits per heavy atom. The largest absolute Gasteiger partial charge is 0.491 e. The maximum Gasteiger partial charge on any atom is 0.331 e. The predicted molar refractivity (Wildman–Crippen MR) is 122 cm³/mol. The van der Waals surface area contributed by atoms with Gasteiger partial charge in [-0.05, 0) is 54.7 Å². The summed E-state index contributed by atoms with van der Waals surface area (Å²) in [6.45, 7) is 12.8. The molecule has 0 spiro atoms. The molecule has 0 radical (unpaired) electrons. The highest BCUT2D eigenvalue weighted by atomic mass is 16.5. The Morgan fingerprint density at radius 2 is 1.77 bits per heavy atom. The quantitative estimate of drug-likeness (QED) is 0.534. The average Bonchev–Trinajstić information content (AvgIpc) is 2.73. The molecule has 0 amide bonds. The fourth-order valence-corrected chi connectivity index (χ4v) is 4.22. The van der Waals surface area contributed by atoms with Crippen LogP contribution in [0, 0.1) is 5.41 Å². The summed E-state index contributed by atoms with van der Waals surface area (Å²) in [4.78, 5) is 11.3. The highest BCUT2D eigenvalue weighted by Gasteiger charge is 2.34. The van der Waals surface area contributed by atoms with Gasteiger partial charge in [0.2, 0.25) is 0 Å². The Labute approximate surface area is 181 Å². The summed E-state index contributed by atoms with van der Waals surface area (Å²) >= 11 is 0. The number of aryl methyl sites for hydroxylation is 1. The fraction of sp³-hybridized carbons (Fsp3) is 0.577.